The van der Waals surface area contributed by atoms with E-state index in [0.29, 0.717) is 11.6 Å². The van der Waals surface area contributed by atoms with Crippen molar-refractivity contribution in [2.75, 3.05) is 26.7 Å². The van der Waals surface area contributed by atoms with E-state index in [9.17, 15) is 4.79 Å². The largest absolute Gasteiger partial charge is 0.337 e. The molecule has 1 aromatic carbocycles. The minimum absolute atomic E-state index is 0.0383. The van der Waals surface area contributed by atoms with E-state index in [4.69, 9.17) is 0 Å². The molecule has 5 nitrogen and oxygen atoms in total. The first-order valence-corrected chi connectivity index (χ1v) is 7.75. The quantitative estimate of drug-likeness (QED) is 0.937. The van der Waals surface area contributed by atoms with Crippen molar-refractivity contribution >= 4 is 5.91 Å². The summed E-state index contributed by atoms with van der Waals surface area (Å²) >= 11 is 0. The molecule has 1 amide bonds. The van der Waals surface area contributed by atoms with E-state index in [2.05, 4.69) is 10.4 Å². The Morgan fingerprint density at radius 3 is 2.86 bits per heavy atom. The van der Waals surface area contributed by atoms with Gasteiger partial charge in [-0.15, -0.1) is 0 Å². The Balaban J connectivity index is 1.77. The van der Waals surface area contributed by atoms with Gasteiger partial charge in [-0.2, -0.15) is 5.10 Å². The van der Waals surface area contributed by atoms with Gasteiger partial charge in [-0.05, 0) is 51.1 Å². The maximum atomic E-state index is 12.6. The summed E-state index contributed by atoms with van der Waals surface area (Å²) in [6.07, 6.45) is 1.06. The van der Waals surface area contributed by atoms with E-state index < -0.39 is 0 Å². The predicted octanol–water partition coefficient (Wildman–Crippen LogP) is 1.86. The zero-order valence-corrected chi connectivity index (χ0v) is 13.1. The Morgan fingerprint density at radius 1 is 1.36 bits per heavy atom. The highest BCUT2D eigenvalue weighted by molar-refractivity contribution is 5.92. The van der Waals surface area contributed by atoms with Crippen molar-refractivity contribution in [2.45, 2.75) is 13.3 Å². The molecule has 0 saturated carbocycles. The fraction of sp³-hybridized carbons (Fsp3) is 0.412. The van der Waals surface area contributed by atoms with Gasteiger partial charge in [-0.1, -0.05) is 18.2 Å². The lowest BCUT2D eigenvalue weighted by Gasteiger charge is -2.15. The molecule has 1 fully saturated rings. The first-order valence-electron chi connectivity index (χ1n) is 7.75. The van der Waals surface area contributed by atoms with Crippen LogP contribution in [-0.2, 0) is 0 Å². The summed E-state index contributed by atoms with van der Waals surface area (Å²) < 4.78 is 1.83. The van der Waals surface area contributed by atoms with Crippen LogP contribution >= 0.6 is 0 Å². The Kier molecular flexibility index (Phi) is 4.24. The summed E-state index contributed by atoms with van der Waals surface area (Å²) in [5.74, 6) is 0.586. The van der Waals surface area contributed by atoms with Gasteiger partial charge >= 0.3 is 0 Å². The van der Waals surface area contributed by atoms with Crippen LogP contribution < -0.4 is 5.32 Å². The number of carbonyl (C=O) groups excluding carboxylic acids is 1. The van der Waals surface area contributed by atoms with Crippen LogP contribution in [0.1, 0.15) is 22.6 Å². The topological polar surface area (TPSA) is 50.2 Å². The normalized spacial score (nSPS) is 17.9. The molecule has 2 heterocycles. The number of carbonyl (C=O) groups is 1. The van der Waals surface area contributed by atoms with Crippen LogP contribution in [0.3, 0.4) is 0 Å². The second-order valence-electron chi connectivity index (χ2n) is 5.88. The molecule has 22 heavy (non-hydrogen) atoms. The number of aromatic nitrogens is 2. The second kappa shape index (κ2) is 6.32. The smallest absolute Gasteiger partial charge is 0.274 e. The molecule has 1 aliphatic rings. The fourth-order valence-electron chi connectivity index (χ4n) is 3.04. The Morgan fingerprint density at radius 2 is 2.14 bits per heavy atom. The van der Waals surface area contributed by atoms with E-state index in [0.717, 1.165) is 37.4 Å². The van der Waals surface area contributed by atoms with Gasteiger partial charge in [0.2, 0.25) is 0 Å². The first-order chi connectivity index (χ1) is 10.7. The first kappa shape index (κ1) is 14.8. The minimum atomic E-state index is 0.0383. The molecule has 0 spiro atoms. The van der Waals surface area contributed by atoms with Crippen molar-refractivity contribution < 1.29 is 4.79 Å². The van der Waals surface area contributed by atoms with Gasteiger partial charge in [0, 0.05) is 18.8 Å². The van der Waals surface area contributed by atoms with Crippen LogP contribution in [0, 0.1) is 12.8 Å². The zero-order chi connectivity index (χ0) is 15.5. The molecule has 1 aromatic heterocycles. The third kappa shape index (κ3) is 2.90. The monoisotopic (exact) mass is 298 g/mol. The molecule has 1 atom stereocenters. The van der Waals surface area contributed by atoms with Crippen LogP contribution in [0.15, 0.2) is 36.4 Å². The van der Waals surface area contributed by atoms with Gasteiger partial charge in [0.15, 0.2) is 5.69 Å². The molecule has 3 rings (SSSR count). The minimum Gasteiger partial charge on any atom is -0.337 e. The molecule has 5 heteroatoms. The van der Waals surface area contributed by atoms with Gasteiger partial charge in [-0.3, -0.25) is 4.79 Å². The number of hydrogen-bond acceptors (Lipinski definition) is 3. The Hall–Kier alpha value is -2.14. The molecule has 1 aliphatic heterocycles. The van der Waals surface area contributed by atoms with Gasteiger partial charge in [0.05, 0.1) is 5.69 Å². The van der Waals surface area contributed by atoms with Crippen molar-refractivity contribution in [3.05, 3.63) is 47.8 Å². The van der Waals surface area contributed by atoms with Crippen molar-refractivity contribution in [2.24, 2.45) is 5.92 Å². The molecule has 1 saturated heterocycles. The summed E-state index contributed by atoms with van der Waals surface area (Å²) in [6.45, 7) is 4.57. The van der Waals surface area contributed by atoms with Gasteiger partial charge in [-0.25, -0.2) is 4.68 Å². The Bertz CT molecular complexity index is 650. The number of benzene rings is 1. The van der Waals surface area contributed by atoms with Crippen molar-refractivity contribution in [3.8, 4) is 5.69 Å². The van der Waals surface area contributed by atoms with Crippen molar-refractivity contribution in [1.82, 2.24) is 20.0 Å². The maximum Gasteiger partial charge on any atom is 0.274 e. The Labute approximate surface area is 130 Å². The molecule has 0 aliphatic carbocycles. The lowest BCUT2D eigenvalue weighted by atomic mass is 10.1. The SMILES string of the molecule is CNCC1CCN(C(=O)c2cc(C)n(-c3ccccc3)n2)C1. The van der Waals surface area contributed by atoms with Gasteiger partial charge in [0.1, 0.15) is 0 Å². The molecule has 0 radical (unpaired) electrons. The highest BCUT2D eigenvalue weighted by Gasteiger charge is 2.28. The van der Waals surface area contributed by atoms with Crippen LogP contribution in [0.4, 0.5) is 0 Å². The summed E-state index contributed by atoms with van der Waals surface area (Å²) in [6, 6.07) is 11.8. The molecule has 116 valence electrons. The van der Waals surface area contributed by atoms with E-state index >= 15 is 0 Å². The summed E-state index contributed by atoms with van der Waals surface area (Å²) in [5, 5.41) is 7.69. The van der Waals surface area contributed by atoms with E-state index in [-0.39, 0.29) is 5.91 Å². The summed E-state index contributed by atoms with van der Waals surface area (Å²) in [7, 11) is 1.95. The molecular formula is C17H22N4O. The van der Waals surface area contributed by atoms with Crippen molar-refractivity contribution in [1.29, 1.82) is 0 Å². The number of likely N-dealkylation sites (tertiary alicyclic amines) is 1. The molecule has 1 unspecified atom stereocenters. The van der Waals surface area contributed by atoms with Gasteiger partial charge < -0.3 is 10.2 Å². The summed E-state index contributed by atoms with van der Waals surface area (Å²) in [5.41, 5.74) is 2.49. The number of amides is 1. The lowest BCUT2D eigenvalue weighted by molar-refractivity contribution is 0.0781. The van der Waals surface area contributed by atoms with E-state index in [1.54, 1.807) is 0 Å². The average Bonchev–Trinajstić information content (AvgIpc) is 3.15. The van der Waals surface area contributed by atoms with Crippen LogP contribution in [0.5, 0.6) is 0 Å². The third-order valence-corrected chi connectivity index (χ3v) is 4.17. The van der Waals surface area contributed by atoms with Crippen molar-refractivity contribution in [3.63, 3.8) is 0 Å². The highest BCUT2D eigenvalue weighted by Crippen LogP contribution is 2.19. The predicted molar refractivity (Wildman–Crippen MR) is 86.2 cm³/mol. The molecule has 2 aromatic rings. The lowest BCUT2D eigenvalue weighted by Crippen LogP contribution is -2.30. The van der Waals surface area contributed by atoms with Crippen LogP contribution in [0.2, 0.25) is 0 Å². The number of rotatable bonds is 4. The molecular weight excluding hydrogens is 276 g/mol. The zero-order valence-electron chi connectivity index (χ0n) is 13.1. The number of nitrogens with one attached hydrogen (secondary N) is 1. The number of hydrogen-bond donors (Lipinski definition) is 1. The average molecular weight is 298 g/mol. The maximum absolute atomic E-state index is 12.6. The standard InChI is InChI=1S/C17H22N4O/c1-13-10-16(19-21(13)15-6-4-3-5-7-15)17(22)20-9-8-14(12-20)11-18-2/h3-7,10,14,18H,8-9,11-12H2,1-2H3. The summed E-state index contributed by atoms with van der Waals surface area (Å²) in [4.78, 5) is 14.5. The van der Waals surface area contributed by atoms with Crippen LogP contribution in [-0.4, -0.2) is 47.3 Å². The third-order valence-electron chi connectivity index (χ3n) is 4.17. The molecule has 1 N–H and O–H groups in total. The fourth-order valence-corrected chi connectivity index (χ4v) is 3.04. The van der Waals surface area contributed by atoms with E-state index in [1.807, 2.05) is 60.0 Å². The number of nitrogens with zero attached hydrogens (tertiary/aromatic N) is 3. The number of aryl methyl sites for hydroxylation is 1. The molecule has 0 bridgehead atoms. The van der Waals surface area contributed by atoms with E-state index in [1.165, 1.54) is 0 Å². The second-order valence-corrected chi connectivity index (χ2v) is 5.88. The van der Waals surface area contributed by atoms with Gasteiger partial charge in [0.25, 0.3) is 5.91 Å². The van der Waals surface area contributed by atoms with Crippen LogP contribution in [0.25, 0.3) is 5.69 Å². The number of para-hydroxylation sites is 1. The highest BCUT2D eigenvalue weighted by atomic mass is 16.2.